The van der Waals surface area contributed by atoms with Gasteiger partial charge in [0.2, 0.25) is 0 Å². The maximum atomic E-state index is 4.59. The number of pyridine rings is 2. The summed E-state index contributed by atoms with van der Waals surface area (Å²) in [6.45, 7) is 2.18. The molecule has 3 heterocycles. The Labute approximate surface area is 131 Å². The molecule has 22 heavy (non-hydrogen) atoms. The smallest absolute Gasteiger partial charge is 0.126 e. The molecule has 114 valence electrons. The summed E-state index contributed by atoms with van der Waals surface area (Å²) in [4.78, 5) is 11.1. The normalized spacial score (nSPS) is 18.3. The third-order valence-corrected chi connectivity index (χ3v) is 4.85. The lowest BCUT2D eigenvalue weighted by atomic mass is 10.0. The van der Waals surface area contributed by atoms with Crippen LogP contribution in [0, 0.1) is 0 Å². The number of hydrogen-bond acceptors (Lipinski definition) is 4. The molecular weight excluding hydrogens is 272 g/mol. The number of nitrogens with one attached hydrogen (secondary N) is 1. The van der Waals surface area contributed by atoms with Crippen molar-refractivity contribution in [1.29, 1.82) is 0 Å². The van der Waals surface area contributed by atoms with E-state index in [4.69, 9.17) is 0 Å². The van der Waals surface area contributed by atoms with E-state index in [-0.39, 0.29) is 0 Å². The molecule has 1 aliphatic heterocycles. The van der Waals surface area contributed by atoms with Crippen LogP contribution in [0.4, 0.5) is 11.5 Å². The van der Waals surface area contributed by atoms with Gasteiger partial charge < -0.3 is 10.2 Å². The van der Waals surface area contributed by atoms with Crippen molar-refractivity contribution < 1.29 is 0 Å². The summed E-state index contributed by atoms with van der Waals surface area (Å²) in [5.41, 5.74) is 4.22. The number of anilines is 2. The van der Waals surface area contributed by atoms with Crippen molar-refractivity contribution in [1.82, 2.24) is 9.97 Å². The summed E-state index contributed by atoms with van der Waals surface area (Å²) in [7, 11) is 0. The Morgan fingerprint density at radius 3 is 2.64 bits per heavy atom. The van der Waals surface area contributed by atoms with Gasteiger partial charge in [0, 0.05) is 43.4 Å². The number of piperidine rings is 1. The lowest BCUT2D eigenvalue weighted by Crippen LogP contribution is -2.39. The highest BCUT2D eigenvalue weighted by Gasteiger charge is 2.20. The molecule has 0 aromatic carbocycles. The Balaban J connectivity index is 1.36. The minimum Gasteiger partial charge on any atom is -0.371 e. The first-order valence-corrected chi connectivity index (χ1v) is 8.28. The summed E-state index contributed by atoms with van der Waals surface area (Å²) in [6.07, 6.45) is 11.8. The molecular formula is C18H22N4. The SMILES string of the molecule is c1cc(N2CCC(Nc3cc4c(cn3)CCC4)CC2)ccn1. The molecule has 4 nitrogen and oxygen atoms in total. The minimum atomic E-state index is 0.532. The number of aromatic nitrogens is 2. The summed E-state index contributed by atoms with van der Waals surface area (Å²) in [5, 5.41) is 3.63. The Kier molecular flexibility index (Phi) is 3.67. The second-order valence-corrected chi connectivity index (χ2v) is 6.30. The topological polar surface area (TPSA) is 41.0 Å². The Morgan fingerprint density at radius 1 is 1.05 bits per heavy atom. The number of fused-ring (bicyclic) bond motifs is 1. The van der Waals surface area contributed by atoms with Gasteiger partial charge in [-0.1, -0.05) is 0 Å². The van der Waals surface area contributed by atoms with Crippen LogP contribution in [0.3, 0.4) is 0 Å². The van der Waals surface area contributed by atoms with E-state index in [0.29, 0.717) is 6.04 Å². The molecule has 2 aliphatic rings. The van der Waals surface area contributed by atoms with Gasteiger partial charge in [-0.25, -0.2) is 4.98 Å². The van der Waals surface area contributed by atoms with Gasteiger partial charge in [-0.2, -0.15) is 0 Å². The average Bonchev–Trinajstić information content (AvgIpc) is 3.04. The fourth-order valence-electron chi connectivity index (χ4n) is 3.58. The van der Waals surface area contributed by atoms with Gasteiger partial charge in [0.05, 0.1) is 0 Å². The highest BCUT2D eigenvalue weighted by Crippen LogP contribution is 2.25. The second kappa shape index (κ2) is 5.95. The lowest BCUT2D eigenvalue weighted by Gasteiger charge is -2.34. The molecule has 0 saturated carbocycles. The zero-order valence-corrected chi connectivity index (χ0v) is 12.8. The number of nitrogens with zero attached hydrogens (tertiary/aromatic N) is 3. The van der Waals surface area contributed by atoms with Crippen LogP contribution in [0.5, 0.6) is 0 Å². The lowest BCUT2D eigenvalue weighted by molar-refractivity contribution is 0.525. The van der Waals surface area contributed by atoms with Gasteiger partial charge in [0.1, 0.15) is 5.82 Å². The monoisotopic (exact) mass is 294 g/mol. The van der Waals surface area contributed by atoms with E-state index in [2.05, 4.69) is 44.6 Å². The van der Waals surface area contributed by atoms with Gasteiger partial charge >= 0.3 is 0 Å². The highest BCUT2D eigenvalue weighted by molar-refractivity contribution is 5.46. The van der Waals surface area contributed by atoms with Gasteiger partial charge in [-0.3, -0.25) is 4.98 Å². The van der Waals surface area contributed by atoms with E-state index >= 15 is 0 Å². The third-order valence-electron chi connectivity index (χ3n) is 4.85. The van der Waals surface area contributed by atoms with Crippen LogP contribution in [0.25, 0.3) is 0 Å². The fraction of sp³-hybridized carbons (Fsp3) is 0.444. The molecule has 2 aromatic rings. The minimum absolute atomic E-state index is 0.532. The quantitative estimate of drug-likeness (QED) is 0.944. The van der Waals surface area contributed by atoms with E-state index in [0.717, 1.165) is 31.7 Å². The van der Waals surface area contributed by atoms with Crippen molar-refractivity contribution in [2.75, 3.05) is 23.3 Å². The first-order valence-electron chi connectivity index (χ1n) is 8.28. The maximum absolute atomic E-state index is 4.59. The van der Waals surface area contributed by atoms with Crippen LogP contribution in [0.1, 0.15) is 30.4 Å². The van der Waals surface area contributed by atoms with Gasteiger partial charge in [0.25, 0.3) is 0 Å². The van der Waals surface area contributed by atoms with Crippen molar-refractivity contribution in [3.63, 3.8) is 0 Å². The first kappa shape index (κ1) is 13.6. The summed E-state index contributed by atoms with van der Waals surface area (Å²) < 4.78 is 0. The molecule has 0 spiro atoms. The molecule has 4 heteroatoms. The Morgan fingerprint density at radius 2 is 1.82 bits per heavy atom. The third kappa shape index (κ3) is 2.78. The van der Waals surface area contributed by atoms with Crippen molar-refractivity contribution >= 4 is 11.5 Å². The van der Waals surface area contributed by atoms with E-state index in [1.807, 2.05) is 12.4 Å². The van der Waals surface area contributed by atoms with E-state index in [9.17, 15) is 0 Å². The van der Waals surface area contributed by atoms with Crippen LogP contribution < -0.4 is 10.2 Å². The summed E-state index contributed by atoms with van der Waals surface area (Å²) in [5.74, 6) is 1.06. The van der Waals surface area contributed by atoms with Crippen LogP contribution in [-0.4, -0.2) is 29.1 Å². The number of hydrogen-bond donors (Lipinski definition) is 1. The first-order chi connectivity index (χ1) is 10.9. The summed E-state index contributed by atoms with van der Waals surface area (Å²) >= 11 is 0. The van der Waals surface area contributed by atoms with Crippen LogP contribution >= 0.6 is 0 Å². The molecule has 1 aliphatic carbocycles. The number of rotatable bonds is 3. The summed E-state index contributed by atoms with van der Waals surface area (Å²) in [6, 6.07) is 6.98. The maximum Gasteiger partial charge on any atom is 0.126 e. The molecule has 0 radical (unpaired) electrons. The molecule has 0 atom stereocenters. The second-order valence-electron chi connectivity index (χ2n) is 6.30. The molecule has 0 unspecified atom stereocenters. The van der Waals surface area contributed by atoms with Crippen LogP contribution in [0.2, 0.25) is 0 Å². The average molecular weight is 294 g/mol. The van der Waals surface area contributed by atoms with E-state index < -0.39 is 0 Å². The van der Waals surface area contributed by atoms with Gasteiger partial charge in [-0.15, -0.1) is 0 Å². The van der Waals surface area contributed by atoms with Crippen molar-refractivity contribution in [2.45, 2.75) is 38.1 Å². The molecule has 0 bridgehead atoms. The number of aryl methyl sites for hydroxylation is 2. The largest absolute Gasteiger partial charge is 0.371 e. The van der Waals surface area contributed by atoms with E-state index in [1.54, 1.807) is 0 Å². The predicted octanol–water partition coefficient (Wildman–Crippen LogP) is 3.05. The van der Waals surface area contributed by atoms with E-state index in [1.165, 1.54) is 36.1 Å². The standard InChI is InChI=1S/C18H22N4/c1-2-14-12-18(20-13-15(14)3-1)21-16-6-10-22(11-7-16)17-4-8-19-9-5-17/h4-5,8-9,12-13,16H,1-3,6-7,10-11H2,(H,20,21). The molecule has 2 aromatic heterocycles. The zero-order valence-electron chi connectivity index (χ0n) is 12.8. The Hall–Kier alpha value is -2.10. The molecule has 1 fully saturated rings. The molecule has 0 amide bonds. The molecule has 4 rings (SSSR count). The molecule has 1 saturated heterocycles. The van der Waals surface area contributed by atoms with Crippen molar-refractivity contribution in [3.8, 4) is 0 Å². The predicted molar refractivity (Wildman–Crippen MR) is 89.4 cm³/mol. The highest BCUT2D eigenvalue weighted by atomic mass is 15.2. The molecule has 1 N–H and O–H groups in total. The van der Waals surface area contributed by atoms with Crippen molar-refractivity contribution in [2.24, 2.45) is 0 Å². The Bertz CT molecular complexity index is 633. The van der Waals surface area contributed by atoms with Crippen LogP contribution in [-0.2, 0) is 12.8 Å². The zero-order chi connectivity index (χ0) is 14.8. The van der Waals surface area contributed by atoms with Crippen LogP contribution in [0.15, 0.2) is 36.8 Å². The van der Waals surface area contributed by atoms with Crippen molar-refractivity contribution in [3.05, 3.63) is 47.9 Å². The van der Waals surface area contributed by atoms with Gasteiger partial charge in [-0.05, 0) is 61.4 Å². The fourth-order valence-corrected chi connectivity index (χ4v) is 3.58. The van der Waals surface area contributed by atoms with Gasteiger partial charge in [0.15, 0.2) is 0 Å².